The van der Waals surface area contributed by atoms with Crippen LogP contribution in [0, 0.1) is 16.7 Å². The Kier molecular flexibility index (Phi) is 3.25. The van der Waals surface area contributed by atoms with Crippen molar-refractivity contribution in [2.24, 2.45) is 5.41 Å². The lowest BCUT2D eigenvalue weighted by Gasteiger charge is -2.33. The Morgan fingerprint density at radius 2 is 2.44 bits per heavy atom. The molecular formula is C12H14N2OS. The van der Waals surface area contributed by atoms with E-state index in [1.54, 1.807) is 11.3 Å². The Morgan fingerprint density at radius 3 is 2.94 bits per heavy atom. The summed E-state index contributed by atoms with van der Waals surface area (Å²) in [6.07, 6.45) is 3.27. The first-order chi connectivity index (χ1) is 7.77. The number of amides is 1. The van der Waals surface area contributed by atoms with E-state index >= 15 is 0 Å². The molecule has 1 aromatic rings. The van der Waals surface area contributed by atoms with Gasteiger partial charge in [-0.2, -0.15) is 16.6 Å². The molecule has 0 aliphatic heterocycles. The van der Waals surface area contributed by atoms with Gasteiger partial charge in [-0.05, 0) is 48.1 Å². The maximum atomic E-state index is 11.8. The number of rotatable bonds is 4. The molecule has 0 atom stereocenters. The number of thiophene rings is 1. The molecule has 3 nitrogen and oxygen atoms in total. The molecule has 84 valence electrons. The molecule has 1 heterocycles. The van der Waals surface area contributed by atoms with E-state index in [-0.39, 0.29) is 5.91 Å². The SMILES string of the molecule is N#CC1(C(=O)NCCc2ccsc2)CCC1. The first-order valence-corrected chi connectivity index (χ1v) is 6.42. The third kappa shape index (κ3) is 2.10. The molecule has 0 bridgehead atoms. The molecule has 1 aromatic heterocycles. The molecule has 1 fully saturated rings. The summed E-state index contributed by atoms with van der Waals surface area (Å²) >= 11 is 1.66. The highest BCUT2D eigenvalue weighted by Gasteiger charge is 2.44. The number of nitrogens with zero attached hydrogens (tertiary/aromatic N) is 1. The van der Waals surface area contributed by atoms with Crippen LogP contribution in [0.3, 0.4) is 0 Å². The van der Waals surface area contributed by atoms with Gasteiger partial charge in [0.2, 0.25) is 5.91 Å². The highest BCUT2D eigenvalue weighted by Crippen LogP contribution is 2.40. The molecule has 1 aliphatic rings. The predicted octanol–water partition coefficient (Wildman–Crippen LogP) is 2.10. The summed E-state index contributed by atoms with van der Waals surface area (Å²) in [5, 5.41) is 15.9. The van der Waals surface area contributed by atoms with Crippen LogP contribution in [-0.2, 0) is 11.2 Å². The van der Waals surface area contributed by atoms with Crippen molar-refractivity contribution in [3.63, 3.8) is 0 Å². The van der Waals surface area contributed by atoms with E-state index in [1.165, 1.54) is 5.56 Å². The third-order valence-corrected chi connectivity index (χ3v) is 3.87. The lowest BCUT2D eigenvalue weighted by Crippen LogP contribution is -2.45. The van der Waals surface area contributed by atoms with Crippen LogP contribution < -0.4 is 5.32 Å². The molecule has 1 aliphatic carbocycles. The van der Waals surface area contributed by atoms with E-state index in [1.807, 2.05) is 5.38 Å². The molecule has 1 amide bonds. The van der Waals surface area contributed by atoms with Crippen molar-refractivity contribution in [3.05, 3.63) is 22.4 Å². The van der Waals surface area contributed by atoms with Crippen molar-refractivity contribution in [1.82, 2.24) is 5.32 Å². The fraction of sp³-hybridized carbons (Fsp3) is 0.500. The van der Waals surface area contributed by atoms with E-state index in [0.29, 0.717) is 19.4 Å². The quantitative estimate of drug-likeness (QED) is 0.867. The molecule has 16 heavy (non-hydrogen) atoms. The van der Waals surface area contributed by atoms with Crippen LogP contribution in [0.4, 0.5) is 0 Å². The summed E-state index contributed by atoms with van der Waals surface area (Å²) in [7, 11) is 0. The van der Waals surface area contributed by atoms with Gasteiger partial charge in [0.25, 0.3) is 0 Å². The number of hydrogen-bond acceptors (Lipinski definition) is 3. The fourth-order valence-electron chi connectivity index (χ4n) is 1.84. The highest BCUT2D eigenvalue weighted by molar-refractivity contribution is 7.07. The second kappa shape index (κ2) is 4.67. The van der Waals surface area contributed by atoms with E-state index < -0.39 is 5.41 Å². The molecular weight excluding hydrogens is 220 g/mol. The second-order valence-corrected chi connectivity index (χ2v) is 4.96. The Labute approximate surface area is 99.1 Å². The maximum absolute atomic E-state index is 11.8. The number of carbonyl (C=O) groups is 1. The first-order valence-electron chi connectivity index (χ1n) is 5.47. The molecule has 2 rings (SSSR count). The lowest BCUT2D eigenvalue weighted by atomic mass is 9.69. The van der Waals surface area contributed by atoms with Gasteiger partial charge >= 0.3 is 0 Å². The van der Waals surface area contributed by atoms with Gasteiger partial charge in [-0.3, -0.25) is 4.79 Å². The monoisotopic (exact) mass is 234 g/mol. The van der Waals surface area contributed by atoms with Crippen LogP contribution in [0.2, 0.25) is 0 Å². The standard InChI is InChI=1S/C12H14N2OS/c13-9-12(4-1-5-12)11(15)14-6-2-10-3-7-16-8-10/h3,7-8H,1-2,4-6H2,(H,14,15). The summed E-state index contributed by atoms with van der Waals surface area (Å²) in [5.74, 6) is -0.0866. The number of nitrogens with one attached hydrogen (secondary N) is 1. The topological polar surface area (TPSA) is 52.9 Å². The van der Waals surface area contributed by atoms with E-state index in [4.69, 9.17) is 5.26 Å². The van der Waals surface area contributed by atoms with Crippen LogP contribution in [0.25, 0.3) is 0 Å². The fourth-order valence-corrected chi connectivity index (χ4v) is 2.55. The summed E-state index contributed by atoms with van der Waals surface area (Å²) < 4.78 is 0. The molecule has 0 saturated heterocycles. The van der Waals surface area contributed by atoms with Gasteiger partial charge in [0.05, 0.1) is 6.07 Å². The van der Waals surface area contributed by atoms with E-state index in [2.05, 4.69) is 22.8 Å². The zero-order chi connectivity index (χ0) is 11.4. The first kappa shape index (κ1) is 11.2. The van der Waals surface area contributed by atoms with Crippen LogP contribution in [0.5, 0.6) is 0 Å². The van der Waals surface area contributed by atoms with Crippen molar-refractivity contribution in [3.8, 4) is 6.07 Å². The Balaban J connectivity index is 1.78. The van der Waals surface area contributed by atoms with Gasteiger partial charge in [-0.25, -0.2) is 0 Å². The zero-order valence-electron chi connectivity index (χ0n) is 9.03. The molecule has 0 spiro atoms. The summed E-state index contributed by atoms with van der Waals surface area (Å²) in [6, 6.07) is 4.20. The lowest BCUT2D eigenvalue weighted by molar-refractivity contribution is -0.131. The molecule has 0 aromatic carbocycles. The second-order valence-electron chi connectivity index (χ2n) is 4.18. The smallest absolute Gasteiger partial charge is 0.240 e. The van der Waals surface area contributed by atoms with Gasteiger partial charge in [0, 0.05) is 6.54 Å². The number of carbonyl (C=O) groups excluding carboxylic acids is 1. The van der Waals surface area contributed by atoms with Crippen molar-refractivity contribution in [1.29, 1.82) is 5.26 Å². The molecule has 4 heteroatoms. The Bertz CT molecular complexity index is 401. The van der Waals surface area contributed by atoms with Crippen LogP contribution in [0.15, 0.2) is 16.8 Å². The van der Waals surface area contributed by atoms with Gasteiger partial charge in [-0.15, -0.1) is 0 Å². The van der Waals surface area contributed by atoms with Crippen molar-refractivity contribution in [2.45, 2.75) is 25.7 Å². The number of nitriles is 1. The van der Waals surface area contributed by atoms with Crippen LogP contribution in [0.1, 0.15) is 24.8 Å². The van der Waals surface area contributed by atoms with Gasteiger partial charge < -0.3 is 5.32 Å². The minimum atomic E-state index is -0.714. The summed E-state index contributed by atoms with van der Waals surface area (Å²) in [5.41, 5.74) is 0.527. The Hall–Kier alpha value is -1.34. The molecule has 0 unspecified atom stereocenters. The predicted molar refractivity (Wildman–Crippen MR) is 62.9 cm³/mol. The Morgan fingerprint density at radius 1 is 1.62 bits per heavy atom. The van der Waals surface area contributed by atoms with Crippen molar-refractivity contribution < 1.29 is 4.79 Å². The minimum absolute atomic E-state index is 0.0866. The maximum Gasteiger partial charge on any atom is 0.240 e. The minimum Gasteiger partial charge on any atom is -0.354 e. The van der Waals surface area contributed by atoms with Gasteiger partial charge in [0.15, 0.2) is 0 Å². The normalized spacial score (nSPS) is 17.2. The molecule has 1 N–H and O–H groups in total. The molecule has 0 radical (unpaired) electrons. The van der Waals surface area contributed by atoms with Gasteiger partial charge in [0.1, 0.15) is 5.41 Å². The summed E-state index contributed by atoms with van der Waals surface area (Å²) in [6.45, 7) is 0.624. The van der Waals surface area contributed by atoms with Crippen LogP contribution >= 0.6 is 11.3 Å². The van der Waals surface area contributed by atoms with E-state index in [0.717, 1.165) is 12.8 Å². The van der Waals surface area contributed by atoms with Crippen molar-refractivity contribution >= 4 is 17.2 Å². The molecule has 1 saturated carbocycles. The highest BCUT2D eigenvalue weighted by atomic mass is 32.1. The number of hydrogen-bond donors (Lipinski definition) is 1. The average Bonchev–Trinajstić information content (AvgIpc) is 2.70. The zero-order valence-corrected chi connectivity index (χ0v) is 9.85. The van der Waals surface area contributed by atoms with Crippen molar-refractivity contribution in [2.75, 3.05) is 6.54 Å². The third-order valence-electron chi connectivity index (χ3n) is 3.14. The van der Waals surface area contributed by atoms with Gasteiger partial charge in [-0.1, -0.05) is 0 Å². The average molecular weight is 234 g/mol. The largest absolute Gasteiger partial charge is 0.354 e. The van der Waals surface area contributed by atoms with Crippen LogP contribution in [-0.4, -0.2) is 12.5 Å². The van der Waals surface area contributed by atoms with E-state index in [9.17, 15) is 4.79 Å². The summed E-state index contributed by atoms with van der Waals surface area (Å²) in [4.78, 5) is 11.8.